The molecule has 4 aromatic rings. The molecule has 33 heavy (non-hydrogen) atoms. The minimum atomic E-state index is -4.19. The van der Waals surface area contributed by atoms with Crippen molar-refractivity contribution < 1.29 is 26.4 Å². The molecule has 2 aromatic carbocycles. The molecule has 2 aromatic heterocycles. The Morgan fingerprint density at radius 2 is 1.82 bits per heavy atom. The number of thiophene rings is 1. The Kier molecular flexibility index (Phi) is 6.57. The normalized spacial score (nSPS) is 11.3. The molecule has 0 saturated carbocycles. The number of benzene rings is 2. The molecule has 0 radical (unpaired) electrons. The molecule has 1 amide bonds. The van der Waals surface area contributed by atoms with Gasteiger partial charge in [-0.2, -0.15) is 0 Å². The Morgan fingerprint density at radius 3 is 2.52 bits per heavy atom. The number of rotatable bonds is 8. The summed E-state index contributed by atoms with van der Waals surface area (Å²) in [5.74, 6) is -2.14. The molecule has 0 spiro atoms. The molecule has 0 saturated heterocycles. The van der Waals surface area contributed by atoms with E-state index in [1.807, 2.05) is 17.5 Å². The number of amides is 1. The maximum atomic E-state index is 13.5. The number of anilines is 1. The number of sulfonamides is 1. The van der Waals surface area contributed by atoms with Crippen molar-refractivity contribution >= 4 is 33.0 Å². The summed E-state index contributed by atoms with van der Waals surface area (Å²) in [7, 11) is -4.19. The average Bonchev–Trinajstić information content (AvgIpc) is 3.49. The van der Waals surface area contributed by atoms with Crippen molar-refractivity contribution in [1.29, 1.82) is 0 Å². The molecule has 0 aliphatic heterocycles. The SMILES string of the molecule is O=C(c1cccc(NS(=O)(=O)c2ccc(F)c(F)c2)c1)N(Cc1ccco1)Cc1cccs1. The number of carbonyl (C=O) groups is 1. The van der Waals surface area contributed by atoms with Crippen LogP contribution in [0.15, 0.2) is 87.7 Å². The van der Waals surface area contributed by atoms with E-state index < -0.39 is 26.6 Å². The predicted molar refractivity (Wildman–Crippen MR) is 120 cm³/mol. The highest BCUT2D eigenvalue weighted by Gasteiger charge is 2.21. The number of furan rings is 1. The first-order valence-electron chi connectivity index (χ1n) is 9.74. The zero-order valence-corrected chi connectivity index (χ0v) is 18.7. The molecule has 1 N–H and O–H groups in total. The highest BCUT2D eigenvalue weighted by Crippen LogP contribution is 2.22. The minimum Gasteiger partial charge on any atom is -0.467 e. The summed E-state index contributed by atoms with van der Waals surface area (Å²) in [6, 6.07) is 15.6. The van der Waals surface area contributed by atoms with E-state index in [-0.39, 0.29) is 23.7 Å². The second-order valence-corrected chi connectivity index (χ2v) is 9.80. The second-order valence-electron chi connectivity index (χ2n) is 7.08. The van der Waals surface area contributed by atoms with E-state index >= 15 is 0 Å². The molecular weight excluding hydrogens is 470 g/mol. The van der Waals surface area contributed by atoms with Crippen molar-refractivity contribution in [2.24, 2.45) is 0 Å². The molecule has 0 fully saturated rings. The van der Waals surface area contributed by atoms with Gasteiger partial charge in [-0.05, 0) is 60.0 Å². The average molecular weight is 489 g/mol. The topological polar surface area (TPSA) is 79.6 Å². The third kappa shape index (κ3) is 5.47. The van der Waals surface area contributed by atoms with Gasteiger partial charge in [-0.1, -0.05) is 12.1 Å². The van der Waals surface area contributed by atoms with Crippen molar-refractivity contribution in [3.63, 3.8) is 0 Å². The monoisotopic (exact) mass is 488 g/mol. The van der Waals surface area contributed by atoms with Gasteiger partial charge in [0.2, 0.25) is 0 Å². The number of nitrogens with one attached hydrogen (secondary N) is 1. The molecule has 2 heterocycles. The summed E-state index contributed by atoms with van der Waals surface area (Å²) in [6.45, 7) is 0.580. The predicted octanol–water partition coefficient (Wildman–Crippen LogP) is 5.26. The van der Waals surface area contributed by atoms with Crippen molar-refractivity contribution in [2.75, 3.05) is 4.72 Å². The lowest BCUT2D eigenvalue weighted by Crippen LogP contribution is -2.29. The van der Waals surface area contributed by atoms with Gasteiger partial charge in [-0.15, -0.1) is 11.3 Å². The molecule has 0 atom stereocenters. The summed E-state index contributed by atoms with van der Waals surface area (Å²) in [5, 5.41) is 1.92. The van der Waals surface area contributed by atoms with E-state index in [2.05, 4.69) is 4.72 Å². The highest BCUT2D eigenvalue weighted by atomic mass is 32.2. The summed E-state index contributed by atoms with van der Waals surface area (Å²) in [6.07, 6.45) is 1.52. The van der Waals surface area contributed by atoms with Gasteiger partial charge >= 0.3 is 0 Å². The number of nitrogens with zero attached hydrogens (tertiary/aromatic N) is 1. The van der Waals surface area contributed by atoms with Crippen LogP contribution < -0.4 is 4.72 Å². The van der Waals surface area contributed by atoms with Gasteiger partial charge in [-0.25, -0.2) is 17.2 Å². The van der Waals surface area contributed by atoms with E-state index in [9.17, 15) is 22.0 Å². The van der Waals surface area contributed by atoms with Gasteiger partial charge < -0.3 is 9.32 Å². The highest BCUT2D eigenvalue weighted by molar-refractivity contribution is 7.92. The molecular formula is C23H18F2N2O4S2. The first-order valence-corrected chi connectivity index (χ1v) is 12.1. The van der Waals surface area contributed by atoms with Crippen LogP contribution in [0.1, 0.15) is 21.0 Å². The fourth-order valence-electron chi connectivity index (χ4n) is 3.14. The summed E-state index contributed by atoms with van der Waals surface area (Å²) < 4.78 is 59.5. The fraction of sp³-hybridized carbons (Fsp3) is 0.0870. The zero-order valence-electron chi connectivity index (χ0n) is 17.1. The maximum absolute atomic E-state index is 13.5. The van der Waals surface area contributed by atoms with E-state index in [1.165, 1.54) is 35.8 Å². The number of carbonyl (C=O) groups excluding carboxylic acids is 1. The Hall–Kier alpha value is -3.50. The third-order valence-electron chi connectivity index (χ3n) is 4.70. The van der Waals surface area contributed by atoms with Crippen LogP contribution in [0.3, 0.4) is 0 Å². The van der Waals surface area contributed by atoms with Crippen LogP contribution in [0.5, 0.6) is 0 Å². The van der Waals surface area contributed by atoms with Crippen LogP contribution in [0, 0.1) is 11.6 Å². The van der Waals surface area contributed by atoms with Crippen molar-refractivity contribution in [3.8, 4) is 0 Å². The summed E-state index contributed by atoms with van der Waals surface area (Å²) in [5.41, 5.74) is 0.364. The Labute approximate surface area is 193 Å². The number of hydrogen-bond donors (Lipinski definition) is 1. The Balaban J connectivity index is 1.58. The van der Waals surface area contributed by atoms with E-state index in [0.29, 0.717) is 18.4 Å². The standard InChI is InChI=1S/C23H18F2N2O4S2/c24-21-9-8-20(13-22(21)25)33(29,30)26-17-5-1-4-16(12-17)23(28)27(14-18-6-2-10-31-18)15-19-7-3-11-32-19/h1-13,26H,14-15H2. The minimum absolute atomic E-state index is 0.111. The van der Waals surface area contributed by atoms with E-state index in [4.69, 9.17) is 4.42 Å². The summed E-state index contributed by atoms with van der Waals surface area (Å²) in [4.78, 5) is 15.4. The maximum Gasteiger partial charge on any atom is 0.261 e. The lowest BCUT2D eigenvalue weighted by Gasteiger charge is -2.21. The smallest absolute Gasteiger partial charge is 0.261 e. The lowest BCUT2D eigenvalue weighted by atomic mass is 10.1. The largest absolute Gasteiger partial charge is 0.467 e. The van der Waals surface area contributed by atoms with Gasteiger partial charge in [0.25, 0.3) is 15.9 Å². The molecule has 170 valence electrons. The van der Waals surface area contributed by atoms with Crippen LogP contribution in [-0.2, 0) is 23.1 Å². The van der Waals surface area contributed by atoms with Crippen LogP contribution in [0.25, 0.3) is 0 Å². The molecule has 6 nitrogen and oxygen atoms in total. The van der Waals surface area contributed by atoms with Crippen LogP contribution in [0.2, 0.25) is 0 Å². The Morgan fingerprint density at radius 1 is 0.970 bits per heavy atom. The second kappa shape index (κ2) is 9.55. The molecule has 0 aliphatic rings. The fourth-order valence-corrected chi connectivity index (χ4v) is 4.92. The van der Waals surface area contributed by atoms with Crippen molar-refractivity contribution in [3.05, 3.63) is 106 Å². The number of halogens is 2. The van der Waals surface area contributed by atoms with Gasteiger partial charge in [0.15, 0.2) is 11.6 Å². The van der Waals surface area contributed by atoms with Crippen LogP contribution >= 0.6 is 11.3 Å². The van der Waals surface area contributed by atoms with Crippen molar-refractivity contribution in [2.45, 2.75) is 18.0 Å². The van der Waals surface area contributed by atoms with E-state index in [1.54, 1.807) is 23.1 Å². The quantitative estimate of drug-likeness (QED) is 0.367. The first-order chi connectivity index (χ1) is 15.8. The van der Waals surface area contributed by atoms with Gasteiger partial charge in [0.05, 0.1) is 24.2 Å². The molecule has 4 rings (SSSR count). The molecule has 0 unspecified atom stereocenters. The van der Waals surface area contributed by atoms with Crippen LogP contribution in [0.4, 0.5) is 14.5 Å². The van der Waals surface area contributed by atoms with Crippen molar-refractivity contribution in [1.82, 2.24) is 4.90 Å². The lowest BCUT2D eigenvalue weighted by molar-refractivity contribution is 0.0719. The zero-order chi connectivity index (χ0) is 23.4. The molecule has 0 bridgehead atoms. The third-order valence-corrected chi connectivity index (χ3v) is 6.94. The van der Waals surface area contributed by atoms with Gasteiger partial charge in [-0.3, -0.25) is 9.52 Å². The molecule has 10 heteroatoms. The van der Waals surface area contributed by atoms with Gasteiger partial charge in [0, 0.05) is 16.1 Å². The van der Waals surface area contributed by atoms with Crippen LogP contribution in [-0.4, -0.2) is 19.2 Å². The number of hydrogen-bond acceptors (Lipinski definition) is 5. The van der Waals surface area contributed by atoms with Gasteiger partial charge in [0.1, 0.15) is 5.76 Å². The first kappa shape index (κ1) is 22.7. The van der Waals surface area contributed by atoms with E-state index in [0.717, 1.165) is 17.0 Å². The molecule has 0 aliphatic carbocycles. The Bertz CT molecular complexity index is 1320. The summed E-state index contributed by atoms with van der Waals surface area (Å²) >= 11 is 1.51.